The van der Waals surface area contributed by atoms with Gasteiger partial charge in [0.2, 0.25) is 0 Å². The lowest BCUT2D eigenvalue weighted by Gasteiger charge is -2.52. The first kappa shape index (κ1) is 24.6. The van der Waals surface area contributed by atoms with Crippen molar-refractivity contribution in [2.24, 2.45) is 23.2 Å². The third kappa shape index (κ3) is 3.97. The number of benzene rings is 1. The molecule has 2 aliphatic heterocycles. The number of nitrogens with zero attached hydrogens (tertiary/aromatic N) is 1. The molecule has 0 spiro atoms. The van der Waals surface area contributed by atoms with Gasteiger partial charge in [0.1, 0.15) is 6.10 Å². The molecule has 0 radical (unpaired) electrons. The summed E-state index contributed by atoms with van der Waals surface area (Å²) in [6.07, 6.45) is 5.30. The van der Waals surface area contributed by atoms with Gasteiger partial charge in [-0.25, -0.2) is 0 Å². The number of esters is 1. The second kappa shape index (κ2) is 9.44. The van der Waals surface area contributed by atoms with E-state index in [9.17, 15) is 9.90 Å². The zero-order valence-electron chi connectivity index (χ0n) is 21.9. The van der Waals surface area contributed by atoms with E-state index in [0.29, 0.717) is 25.7 Å². The van der Waals surface area contributed by atoms with Crippen molar-refractivity contribution in [3.63, 3.8) is 0 Å². The largest absolute Gasteiger partial charge is 0.490 e. The van der Waals surface area contributed by atoms with Crippen molar-refractivity contribution in [1.82, 2.24) is 4.90 Å². The minimum absolute atomic E-state index is 0.140. The minimum Gasteiger partial charge on any atom is -0.490 e. The van der Waals surface area contributed by atoms with Crippen LogP contribution < -0.4 is 9.47 Å². The average Bonchev–Trinajstić information content (AvgIpc) is 3.14. The van der Waals surface area contributed by atoms with Crippen LogP contribution >= 0.6 is 0 Å². The molecule has 2 aliphatic carbocycles. The minimum atomic E-state index is -0.565. The van der Waals surface area contributed by atoms with Gasteiger partial charge in [-0.3, -0.25) is 9.69 Å². The molecular formula is C29H41NO5. The molecule has 7 atom stereocenters. The summed E-state index contributed by atoms with van der Waals surface area (Å²) in [6, 6.07) is 4.39. The van der Waals surface area contributed by atoms with Crippen LogP contribution in [0.15, 0.2) is 23.8 Å². The topological polar surface area (TPSA) is 68.2 Å². The number of rotatable bonds is 6. The lowest BCUT2D eigenvalue weighted by molar-refractivity contribution is -0.145. The first-order chi connectivity index (χ1) is 16.8. The van der Waals surface area contributed by atoms with Crippen LogP contribution in [-0.4, -0.2) is 54.5 Å². The van der Waals surface area contributed by atoms with E-state index in [1.807, 2.05) is 13.8 Å². The van der Waals surface area contributed by atoms with E-state index in [1.54, 1.807) is 0 Å². The lowest BCUT2D eigenvalue weighted by Crippen LogP contribution is -2.55. The third-order valence-corrected chi connectivity index (χ3v) is 9.47. The van der Waals surface area contributed by atoms with Gasteiger partial charge in [0.05, 0.1) is 25.2 Å². The van der Waals surface area contributed by atoms with E-state index < -0.39 is 6.10 Å². The van der Waals surface area contributed by atoms with Crippen molar-refractivity contribution in [3.8, 4) is 11.5 Å². The van der Waals surface area contributed by atoms with Crippen LogP contribution in [0, 0.1) is 23.2 Å². The normalized spacial score (nSPS) is 36.5. The third-order valence-electron chi connectivity index (χ3n) is 9.47. The number of carbonyl (C=O) groups is 1. The fraction of sp³-hybridized carbons (Fsp3) is 0.690. The van der Waals surface area contributed by atoms with Gasteiger partial charge < -0.3 is 19.3 Å². The Balaban J connectivity index is 1.39. The van der Waals surface area contributed by atoms with Gasteiger partial charge in [0.15, 0.2) is 11.5 Å². The molecule has 1 aromatic carbocycles. The SMILES string of the molecule is CCOc1cc2c(cc1OCC)C(C)N(CC1C(=O)OC3CC4=CCCC(C)C4(C)C(O)C31)CC2. The van der Waals surface area contributed by atoms with Crippen LogP contribution in [0.25, 0.3) is 0 Å². The molecule has 0 amide bonds. The molecule has 1 saturated carbocycles. The summed E-state index contributed by atoms with van der Waals surface area (Å²) in [7, 11) is 0. The van der Waals surface area contributed by atoms with Crippen molar-refractivity contribution < 1.29 is 24.1 Å². The van der Waals surface area contributed by atoms with Crippen LogP contribution in [0.1, 0.15) is 71.0 Å². The molecule has 4 aliphatic rings. The fourth-order valence-corrected chi connectivity index (χ4v) is 7.19. The van der Waals surface area contributed by atoms with E-state index in [4.69, 9.17) is 14.2 Å². The number of allylic oxidation sites excluding steroid dienone is 1. The molecule has 6 nitrogen and oxygen atoms in total. The van der Waals surface area contributed by atoms with Gasteiger partial charge in [-0.05, 0) is 69.2 Å². The quantitative estimate of drug-likeness (QED) is 0.468. The average molecular weight is 484 g/mol. The van der Waals surface area contributed by atoms with Crippen molar-refractivity contribution in [2.75, 3.05) is 26.3 Å². The lowest BCUT2D eigenvalue weighted by atomic mass is 9.55. The second-order valence-corrected chi connectivity index (χ2v) is 11.1. The van der Waals surface area contributed by atoms with Crippen LogP contribution in [-0.2, 0) is 16.0 Å². The molecule has 1 aromatic rings. The number of aliphatic hydroxyl groups is 1. The highest BCUT2D eigenvalue weighted by Crippen LogP contribution is 2.56. The molecule has 2 fully saturated rings. The van der Waals surface area contributed by atoms with Gasteiger partial charge >= 0.3 is 5.97 Å². The summed E-state index contributed by atoms with van der Waals surface area (Å²) in [5, 5.41) is 11.7. The van der Waals surface area contributed by atoms with E-state index in [1.165, 1.54) is 16.7 Å². The van der Waals surface area contributed by atoms with Crippen molar-refractivity contribution in [3.05, 3.63) is 34.9 Å². The van der Waals surface area contributed by atoms with Crippen molar-refractivity contribution >= 4 is 5.97 Å². The Morgan fingerprint density at radius 3 is 2.60 bits per heavy atom. The maximum absolute atomic E-state index is 13.1. The smallest absolute Gasteiger partial charge is 0.311 e. The van der Waals surface area contributed by atoms with Gasteiger partial charge in [0.25, 0.3) is 0 Å². The Morgan fingerprint density at radius 1 is 1.17 bits per heavy atom. The molecule has 2 heterocycles. The Morgan fingerprint density at radius 2 is 1.89 bits per heavy atom. The molecule has 5 rings (SSSR count). The first-order valence-electron chi connectivity index (χ1n) is 13.5. The Kier molecular flexibility index (Phi) is 6.64. The van der Waals surface area contributed by atoms with Crippen LogP contribution in [0.4, 0.5) is 0 Å². The van der Waals surface area contributed by atoms with Crippen LogP contribution in [0.2, 0.25) is 0 Å². The molecule has 0 bridgehead atoms. The number of hydrogen-bond acceptors (Lipinski definition) is 6. The zero-order valence-corrected chi connectivity index (χ0v) is 21.9. The predicted molar refractivity (Wildman–Crippen MR) is 135 cm³/mol. The number of carbonyl (C=O) groups excluding carboxylic acids is 1. The zero-order chi connectivity index (χ0) is 24.9. The molecule has 1 N–H and O–H groups in total. The van der Waals surface area contributed by atoms with Crippen LogP contribution in [0.5, 0.6) is 11.5 Å². The number of hydrogen-bond donors (Lipinski definition) is 1. The molecular weight excluding hydrogens is 442 g/mol. The van der Waals surface area contributed by atoms with Gasteiger partial charge in [-0.15, -0.1) is 0 Å². The monoisotopic (exact) mass is 483 g/mol. The van der Waals surface area contributed by atoms with Gasteiger partial charge in [-0.1, -0.05) is 25.5 Å². The molecule has 35 heavy (non-hydrogen) atoms. The highest BCUT2D eigenvalue weighted by molar-refractivity contribution is 5.76. The van der Waals surface area contributed by atoms with Gasteiger partial charge in [0, 0.05) is 36.9 Å². The Hall–Kier alpha value is -2.05. The van der Waals surface area contributed by atoms with E-state index in [-0.39, 0.29) is 35.4 Å². The van der Waals surface area contributed by atoms with E-state index in [0.717, 1.165) is 43.7 Å². The second-order valence-electron chi connectivity index (χ2n) is 11.1. The molecule has 6 heteroatoms. The Bertz CT molecular complexity index is 1010. The van der Waals surface area contributed by atoms with E-state index in [2.05, 4.69) is 43.9 Å². The summed E-state index contributed by atoms with van der Waals surface area (Å²) in [6.45, 7) is 13.3. The summed E-state index contributed by atoms with van der Waals surface area (Å²) < 4.78 is 17.6. The summed E-state index contributed by atoms with van der Waals surface area (Å²) in [4.78, 5) is 15.5. The van der Waals surface area contributed by atoms with Crippen molar-refractivity contribution in [2.45, 2.75) is 78.6 Å². The standard InChI is InChI=1S/C29H41NO5/c1-6-33-23-13-19-11-12-30(18(4)21(19)15-24(23)34-7-2)16-22-26-25(35-28(22)32)14-20-10-8-9-17(3)29(20,5)27(26)31/h10,13,15,17-18,22,25-27,31H,6-9,11-12,14,16H2,1-5H3. The van der Waals surface area contributed by atoms with Crippen molar-refractivity contribution in [1.29, 1.82) is 0 Å². The van der Waals surface area contributed by atoms with Gasteiger partial charge in [-0.2, -0.15) is 0 Å². The number of fused-ring (bicyclic) bond motifs is 3. The first-order valence-corrected chi connectivity index (χ1v) is 13.5. The highest BCUT2D eigenvalue weighted by atomic mass is 16.6. The molecule has 0 aromatic heterocycles. The predicted octanol–water partition coefficient (Wildman–Crippen LogP) is 4.69. The number of aliphatic hydroxyl groups excluding tert-OH is 1. The fourth-order valence-electron chi connectivity index (χ4n) is 7.19. The Labute approximate surface area is 209 Å². The molecule has 192 valence electrons. The molecule has 1 saturated heterocycles. The summed E-state index contributed by atoms with van der Waals surface area (Å²) in [5.41, 5.74) is 3.53. The molecule has 7 unspecified atom stereocenters. The summed E-state index contributed by atoms with van der Waals surface area (Å²) in [5.74, 6) is 1.38. The highest BCUT2D eigenvalue weighted by Gasteiger charge is 2.60. The summed E-state index contributed by atoms with van der Waals surface area (Å²) >= 11 is 0. The van der Waals surface area contributed by atoms with Crippen LogP contribution in [0.3, 0.4) is 0 Å². The number of ether oxygens (including phenoxy) is 3. The maximum Gasteiger partial charge on any atom is 0.311 e. The van der Waals surface area contributed by atoms with E-state index >= 15 is 0 Å². The maximum atomic E-state index is 13.1.